The Labute approximate surface area is 121 Å². The molecule has 3 nitrogen and oxygen atoms in total. The quantitative estimate of drug-likeness (QED) is 0.619. The van der Waals surface area contributed by atoms with E-state index in [1.165, 1.54) is 11.1 Å². The predicted molar refractivity (Wildman–Crippen MR) is 81.5 cm³/mol. The maximum Gasteiger partial charge on any atom is -0.870 e. The van der Waals surface area contributed by atoms with Crippen molar-refractivity contribution in [3.63, 3.8) is 0 Å². The number of unbranched alkanes of at least 4 members (excludes halogenated alkanes) is 1. The van der Waals surface area contributed by atoms with Gasteiger partial charge >= 0.3 is 103 Å². The van der Waals surface area contributed by atoms with E-state index in [-0.39, 0.29) is 11.0 Å². The van der Waals surface area contributed by atoms with Crippen molar-refractivity contribution in [3.05, 3.63) is 48.5 Å². The van der Waals surface area contributed by atoms with Gasteiger partial charge in [-0.2, -0.15) is 0 Å². The van der Waals surface area contributed by atoms with Crippen molar-refractivity contribution in [2.75, 3.05) is 6.61 Å². The fraction of sp³-hybridized carbons (Fsp3) is 0.250. The molecule has 2 N–H and O–H groups in total. The summed E-state index contributed by atoms with van der Waals surface area (Å²) in [6.45, 7) is 2.95. The summed E-state index contributed by atoms with van der Waals surface area (Å²) < 4.78 is 5.64. The average Bonchev–Trinajstić information content (AvgIpc) is 2.41. The molecule has 0 heterocycles. The van der Waals surface area contributed by atoms with Crippen LogP contribution in [0.5, 0.6) is 5.75 Å². The van der Waals surface area contributed by atoms with E-state index < -0.39 is 0 Å². The first-order valence-electron chi connectivity index (χ1n) is 6.38. The first-order chi connectivity index (χ1) is 8.79. The number of hydrogen-bond acceptors (Lipinski definition) is 3. The Balaban J connectivity index is 0.00000180. The Morgan fingerprint density at radius 1 is 0.850 bits per heavy atom. The third-order valence-electron chi connectivity index (χ3n) is 2.86. The second kappa shape index (κ2) is 9.18. The van der Waals surface area contributed by atoms with Gasteiger partial charge in [-0.25, -0.2) is 0 Å². The first-order valence-corrected chi connectivity index (χ1v) is 6.38. The second-order valence-electron chi connectivity index (χ2n) is 4.35. The first kappa shape index (κ1) is 18.2. The van der Waals surface area contributed by atoms with Crippen molar-refractivity contribution < 1.29 is 15.7 Å². The molecular formula is C16H19BO3. The molecule has 2 aromatic carbocycles. The molecule has 0 radical (unpaired) electrons. The van der Waals surface area contributed by atoms with E-state index in [0.717, 1.165) is 30.7 Å². The van der Waals surface area contributed by atoms with Crippen LogP contribution in [0.25, 0.3) is 11.1 Å². The third-order valence-corrected chi connectivity index (χ3v) is 2.86. The fourth-order valence-electron chi connectivity index (χ4n) is 1.75. The Hall–Kier alpha value is -1.78. The summed E-state index contributed by atoms with van der Waals surface area (Å²) in [7, 11) is 5.68. The summed E-state index contributed by atoms with van der Waals surface area (Å²) in [5.74, 6) is 0.933. The van der Waals surface area contributed by atoms with Crippen molar-refractivity contribution in [2.45, 2.75) is 19.8 Å². The molecule has 0 saturated heterocycles. The van der Waals surface area contributed by atoms with E-state index in [4.69, 9.17) is 12.6 Å². The molecule has 104 valence electrons. The summed E-state index contributed by atoms with van der Waals surface area (Å²) in [4.78, 5) is 0. The summed E-state index contributed by atoms with van der Waals surface area (Å²) in [5, 5.41) is 0. The number of hydrogen-bond donors (Lipinski definition) is 0. The van der Waals surface area contributed by atoms with Crippen molar-refractivity contribution in [2.24, 2.45) is 0 Å². The van der Waals surface area contributed by atoms with Gasteiger partial charge < -0.3 is 11.0 Å². The largest absolute Gasteiger partial charge is 0.870 e. The van der Waals surface area contributed by atoms with Gasteiger partial charge in [-0.3, -0.25) is 0 Å². The molecule has 0 aromatic heterocycles. The average molecular weight is 270 g/mol. The number of ether oxygens (including phenoxy) is 1. The van der Waals surface area contributed by atoms with Crippen molar-refractivity contribution in [3.8, 4) is 16.9 Å². The molecule has 0 bridgehead atoms. The normalized spacial score (nSPS) is 9.35. The van der Waals surface area contributed by atoms with Gasteiger partial charge in [0.1, 0.15) is 0 Å². The van der Waals surface area contributed by atoms with Gasteiger partial charge in [-0.05, 0) is 0 Å². The van der Waals surface area contributed by atoms with Crippen LogP contribution in [-0.4, -0.2) is 25.4 Å². The molecule has 0 saturated carbocycles. The molecule has 0 spiro atoms. The third kappa shape index (κ3) is 5.07. The molecule has 0 aliphatic carbocycles. The van der Waals surface area contributed by atoms with Crippen molar-refractivity contribution in [1.82, 2.24) is 0 Å². The zero-order chi connectivity index (χ0) is 12.8. The Morgan fingerprint density at radius 2 is 1.35 bits per heavy atom. The summed E-state index contributed by atoms with van der Waals surface area (Å²) in [5.41, 5.74) is 3.14. The van der Waals surface area contributed by atoms with Crippen molar-refractivity contribution >= 4 is 13.3 Å². The van der Waals surface area contributed by atoms with Crippen LogP contribution < -0.4 is 10.2 Å². The number of benzene rings is 2. The monoisotopic (exact) mass is 270 g/mol. The van der Waals surface area contributed by atoms with E-state index in [2.05, 4.69) is 19.1 Å². The van der Waals surface area contributed by atoms with Crippen LogP contribution in [0.4, 0.5) is 0 Å². The van der Waals surface area contributed by atoms with Gasteiger partial charge in [0, 0.05) is 0 Å². The summed E-state index contributed by atoms with van der Waals surface area (Å²) in [6, 6.07) is 16.1. The molecule has 2 rings (SSSR count). The van der Waals surface area contributed by atoms with E-state index in [0.29, 0.717) is 0 Å². The summed E-state index contributed by atoms with van der Waals surface area (Å²) in [6.07, 6.45) is 2.25. The van der Waals surface area contributed by atoms with Gasteiger partial charge in [-0.15, -0.1) is 0 Å². The minimum absolute atomic E-state index is 0. The van der Waals surface area contributed by atoms with Crippen LogP contribution in [0.3, 0.4) is 0 Å². The minimum atomic E-state index is 0. The van der Waals surface area contributed by atoms with Gasteiger partial charge in [0.15, 0.2) is 0 Å². The molecule has 0 fully saturated rings. The second-order valence-corrected chi connectivity index (χ2v) is 4.35. The van der Waals surface area contributed by atoms with Crippen molar-refractivity contribution in [1.29, 1.82) is 0 Å². The van der Waals surface area contributed by atoms with Crippen LogP contribution in [0, 0.1) is 0 Å². The SMILES string of the molecule is [B+2]c1ccc(-c2ccc(OCCCC)cc2)cc1.[OH-].[OH-]. The molecule has 2 aromatic rings. The van der Waals surface area contributed by atoms with Crippen LogP contribution >= 0.6 is 0 Å². The number of rotatable bonds is 5. The predicted octanol–water partition coefficient (Wildman–Crippen LogP) is 2.97. The van der Waals surface area contributed by atoms with Gasteiger partial charge in [0.05, 0.1) is 0 Å². The maximum atomic E-state index is 5.68. The zero-order valence-electron chi connectivity index (χ0n) is 11.6. The molecule has 0 aliphatic heterocycles. The van der Waals surface area contributed by atoms with Crippen LogP contribution in [-0.2, 0) is 0 Å². The van der Waals surface area contributed by atoms with E-state index >= 15 is 0 Å². The molecule has 20 heavy (non-hydrogen) atoms. The Kier molecular flexibility index (Phi) is 8.37. The molecule has 0 atom stereocenters. The molecule has 4 heteroatoms. The van der Waals surface area contributed by atoms with Gasteiger partial charge in [0.25, 0.3) is 0 Å². The smallest absolute Gasteiger partial charge is 0.870 e. The fourth-order valence-corrected chi connectivity index (χ4v) is 1.75. The molecule has 0 amide bonds. The Bertz CT molecular complexity index is 480. The Morgan fingerprint density at radius 3 is 1.85 bits per heavy atom. The van der Waals surface area contributed by atoms with E-state index in [1.807, 2.05) is 36.4 Å². The standard InChI is InChI=1S/C16H17BO.2H2O/c1-2-3-12-18-16-10-6-14(7-11-16)13-4-8-15(17)9-5-13;;/h4-11H,2-3,12H2,1H3;2*1H2/q+2;;/p-2. The van der Waals surface area contributed by atoms with E-state index in [1.54, 1.807) is 0 Å². The molecule has 0 aliphatic rings. The van der Waals surface area contributed by atoms with E-state index in [9.17, 15) is 0 Å². The molecule has 0 unspecified atom stereocenters. The summed E-state index contributed by atoms with van der Waals surface area (Å²) >= 11 is 0. The zero-order valence-corrected chi connectivity index (χ0v) is 11.6. The van der Waals surface area contributed by atoms with Gasteiger partial charge in [-0.1, -0.05) is 6.92 Å². The molecular weight excluding hydrogens is 251 g/mol. The van der Waals surface area contributed by atoms with Gasteiger partial charge in [0.2, 0.25) is 0 Å². The maximum absolute atomic E-state index is 5.68. The van der Waals surface area contributed by atoms with Crippen LogP contribution in [0.15, 0.2) is 48.5 Å². The minimum Gasteiger partial charge on any atom is -0.870 e. The van der Waals surface area contributed by atoms with Crippen LogP contribution in [0.2, 0.25) is 0 Å². The van der Waals surface area contributed by atoms with Crippen LogP contribution in [0.1, 0.15) is 19.8 Å². The topological polar surface area (TPSA) is 69.2 Å².